The predicted octanol–water partition coefficient (Wildman–Crippen LogP) is 3.31. The molecule has 2 aromatic rings. The first kappa shape index (κ1) is 21.5. The van der Waals surface area contributed by atoms with E-state index in [9.17, 15) is 9.59 Å². The monoisotopic (exact) mass is 463 g/mol. The zero-order chi connectivity index (χ0) is 22.8. The molecule has 0 saturated heterocycles. The van der Waals surface area contributed by atoms with E-state index in [1.165, 1.54) is 11.8 Å². The smallest absolute Gasteiger partial charge is 0.261 e. The summed E-state index contributed by atoms with van der Waals surface area (Å²) in [6.07, 6.45) is 8.78. The number of aliphatic imine (C=N–C) groups is 1. The van der Waals surface area contributed by atoms with Crippen molar-refractivity contribution in [2.24, 2.45) is 4.99 Å². The number of carbonyl (C=O) groups is 2. The van der Waals surface area contributed by atoms with Crippen LogP contribution in [0.1, 0.15) is 28.8 Å². The molecule has 1 N–H and O–H groups in total. The zero-order valence-corrected chi connectivity index (χ0v) is 19.2. The second kappa shape index (κ2) is 9.27. The van der Waals surface area contributed by atoms with Crippen molar-refractivity contribution in [3.8, 4) is 5.75 Å². The highest BCUT2D eigenvalue weighted by atomic mass is 32.2. The van der Waals surface area contributed by atoms with E-state index < -0.39 is 0 Å². The molecule has 9 heteroatoms. The molecule has 1 unspecified atom stereocenters. The maximum Gasteiger partial charge on any atom is 0.261 e. The molecule has 0 radical (unpaired) electrons. The van der Waals surface area contributed by atoms with Gasteiger partial charge in [0.15, 0.2) is 0 Å². The average Bonchev–Trinajstić information content (AvgIpc) is 3.35. The van der Waals surface area contributed by atoms with Crippen LogP contribution in [0.3, 0.4) is 0 Å². The molecule has 0 fully saturated rings. The number of nitrogens with one attached hydrogen (secondary N) is 1. The summed E-state index contributed by atoms with van der Waals surface area (Å²) in [6, 6.07) is 7.46. The Labute approximate surface area is 196 Å². The van der Waals surface area contributed by atoms with Gasteiger partial charge in [0.05, 0.1) is 48.0 Å². The van der Waals surface area contributed by atoms with Crippen LogP contribution in [-0.2, 0) is 11.3 Å². The van der Waals surface area contributed by atoms with Gasteiger partial charge in [-0.25, -0.2) is 0 Å². The Kier molecular flexibility index (Phi) is 6.04. The molecule has 0 aliphatic carbocycles. The van der Waals surface area contributed by atoms with E-state index in [4.69, 9.17) is 4.74 Å². The summed E-state index contributed by atoms with van der Waals surface area (Å²) in [5.74, 6) is 0.527. The SMILES string of the molecule is COc1cccc2c1CN(C1CC=C(C(=O)Nc3cnccc3N3CCC=NCC3)S1)C2=O. The lowest BCUT2D eigenvalue weighted by Crippen LogP contribution is -2.32. The molecule has 3 aliphatic rings. The third-order valence-corrected chi connectivity index (χ3v) is 7.38. The molecule has 8 nitrogen and oxygen atoms in total. The molecule has 5 rings (SSSR count). The third-order valence-electron chi connectivity index (χ3n) is 6.06. The van der Waals surface area contributed by atoms with Crippen molar-refractivity contribution >= 4 is 41.2 Å². The molecule has 0 saturated carbocycles. The summed E-state index contributed by atoms with van der Waals surface area (Å²) < 4.78 is 5.43. The number of methoxy groups -OCH3 is 1. The van der Waals surface area contributed by atoms with Crippen LogP contribution in [0.5, 0.6) is 5.75 Å². The van der Waals surface area contributed by atoms with Gasteiger partial charge in [0.2, 0.25) is 0 Å². The Morgan fingerprint density at radius 1 is 1.27 bits per heavy atom. The van der Waals surface area contributed by atoms with Gasteiger partial charge < -0.3 is 19.9 Å². The van der Waals surface area contributed by atoms with E-state index in [0.717, 1.165) is 43.1 Å². The first-order valence-corrected chi connectivity index (χ1v) is 11.9. The Balaban J connectivity index is 1.26. The van der Waals surface area contributed by atoms with Crippen molar-refractivity contribution in [1.29, 1.82) is 0 Å². The molecule has 0 bridgehead atoms. The average molecular weight is 464 g/mol. The normalized spacial score (nSPS) is 19.8. The van der Waals surface area contributed by atoms with Gasteiger partial charge in [-0.05, 0) is 31.0 Å². The topological polar surface area (TPSA) is 87.1 Å². The standard InChI is InChI=1S/C24H25N5O3S/c1-32-20-5-2-4-16-17(20)15-29(24(16)31)22-7-6-21(33-22)23(30)27-18-14-26-10-8-19(18)28-12-3-9-25-11-13-28/h2,4-6,8-10,14,22H,3,7,11-13,15H2,1H3,(H,27,30). The fraction of sp³-hybridized carbons (Fsp3) is 0.333. The fourth-order valence-corrected chi connectivity index (χ4v) is 5.54. The van der Waals surface area contributed by atoms with E-state index in [0.29, 0.717) is 29.1 Å². The van der Waals surface area contributed by atoms with Crippen LogP contribution < -0.4 is 15.0 Å². The van der Waals surface area contributed by atoms with Gasteiger partial charge >= 0.3 is 0 Å². The first-order chi connectivity index (χ1) is 16.2. The second-order valence-corrected chi connectivity index (χ2v) is 9.23. The van der Waals surface area contributed by atoms with Crippen LogP contribution in [-0.4, -0.2) is 60.0 Å². The van der Waals surface area contributed by atoms with E-state index in [-0.39, 0.29) is 17.2 Å². The number of benzene rings is 1. The van der Waals surface area contributed by atoms with Crippen LogP contribution >= 0.6 is 11.8 Å². The lowest BCUT2D eigenvalue weighted by atomic mass is 10.1. The number of carbonyl (C=O) groups excluding carboxylic acids is 2. The molecule has 0 spiro atoms. The summed E-state index contributed by atoms with van der Waals surface area (Å²) in [4.78, 5) is 39.3. The Morgan fingerprint density at radius 2 is 2.18 bits per heavy atom. The summed E-state index contributed by atoms with van der Waals surface area (Å²) in [5, 5.41) is 2.91. The van der Waals surface area contributed by atoms with Gasteiger partial charge in [0, 0.05) is 36.6 Å². The summed E-state index contributed by atoms with van der Waals surface area (Å²) >= 11 is 1.43. The van der Waals surface area contributed by atoms with Crippen molar-refractivity contribution in [2.75, 3.05) is 37.0 Å². The zero-order valence-electron chi connectivity index (χ0n) is 18.4. The van der Waals surface area contributed by atoms with Crippen molar-refractivity contribution in [3.05, 3.63) is 58.8 Å². The van der Waals surface area contributed by atoms with E-state index >= 15 is 0 Å². The number of fused-ring (bicyclic) bond motifs is 1. The van der Waals surface area contributed by atoms with Gasteiger partial charge in [-0.2, -0.15) is 0 Å². The number of aromatic nitrogens is 1. The fourth-order valence-electron chi connectivity index (χ4n) is 4.41. The number of nitrogens with zero attached hydrogens (tertiary/aromatic N) is 4. The quantitative estimate of drug-likeness (QED) is 0.732. The molecule has 1 aromatic heterocycles. The van der Waals surface area contributed by atoms with Crippen molar-refractivity contribution in [1.82, 2.24) is 9.88 Å². The van der Waals surface area contributed by atoms with Crippen molar-refractivity contribution in [3.63, 3.8) is 0 Å². The maximum absolute atomic E-state index is 13.1. The van der Waals surface area contributed by atoms with E-state index in [1.807, 2.05) is 41.5 Å². The predicted molar refractivity (Wildman–Crippen MR) is 130 cm³/mol. The maximum atomic E-state index is 13.1. The molecule has 170 valence electrons. The number of rotatable bonds is 5. The molecule has 3 aliphatic heterocycles. The number of thioether (sulfide) groups is 1. The third kappa shape index (κ3) is 4.20. The van der Waals surface area contributed by atoms with E-state index in [1.54, 1.807) is 19.5 Å². The number of hydrogen-bond donors (Lipinski definition) is 1. The first-order valence-electron chi connectivity index (χ1n) is 11.0. The van der Waals surface area contributed by atoms with Crippen LogP contribution in [0.2, 0.25) is 0 Å². The van der Waals surface area contributed by atoms with Gasteiger partial charge in [0.1, 0.15) is 5.75 Å². The molecule has 1 atom stereocenters. The highest BCUT2D eigenvalue weighted by molar-refractivity contribution is 8.04. The second-order valence-electron chi connectivity index (χ2n) is 8.01. The minimum absolute atomic E-state index is 0.0191. The lowest BCUT2D eigenvalue weighted by molar-refractivity contribution is -0.112. The summed E-state index contributed by atoms with van der Waals surface area (Å²) in [6.45, 7) is 2.86. The van der Waals surface area contributed by atoms with Gasteiger partial charge in [-0.3, -0.25) is 19.6 Å². The lowest BCUT2D eigenvalue weighted by Gasteiger charge is -2.25. The Morgan fingerprint density at radius 3 is 3.06 bits per heavy atom. The number of ether oxygens (including phenoxy) is 1. The van der Waals surface area contributed by atoms with Gasteiger partial charge in [-0.15, -0.1) is 0 Å². The Bertz CT molecular complexity index is 1140. The summed E-state index contributed by atoms with van der Waals surface area (Å²) in [5.41, 5.74) is 3.21. The number of pyridine rings is 1. The van der Waals surface area contributed by atoms with E-state index in [2.05, 4.69) is 20.2 Å². The van der Waals surface area contributed by atoms with Crippen molar-refractivity contribution < 1.29 is 14.3 Å². The highest BCUT2D eigenvalue weighted by Gasteiger charge is 2.37. The van der Waals surface area contributed by atoms with Gasteiger partial charge in [-0.1, -0.05) is 23.9 Å². The number of hydrogen-bond acceptors (Lipinski definition) is 7. The highest BCUT2D eigenvalue weighted by Crippen LogP contribution is 2.41. The minimum atomic E-state index is -0.176. The molecular weight excluding hydrogens is 438 g/mol. The van der Waals surface area contributed by atoms with Crippen LogP contribution in [0.15, 0.2) is 52.6 Å². The largest absolute Gasteiger partial charge is 0.496 e. The van der Waals surface area contributed by atoms with Crippen LogP contribution in [0.4, 0.5) is 11.4 Å². The van der Waals surface area contributed by atoms with Crippen LogP contribution in [0, 0.1) is 0 Å². The number of anilines is 2. The molecule has 33 heavy (non-hydrogen) atoms. The van der Waals surface area contributed by atoms with Gasteiger partial charge in [0.25, 0.3) is 11.8 Å². The molecular formula is C24H25N5O3S. The minimum Gasteiger partial charge on any atom is -0.496 e. The Hall–Kier alpha value is -3.33. The van der Waals surface area contributed by atoms with Crippen LogP contribution in [0.25, 0.3) is 0 Å². The molecule has 1 aromatic carbocycles. The van der Waals surface area contributed by atoms with Crippen molar-refractivity contribution in [2.45, 2.75) is 24.8 Å². The summed E-state index contributed by atoms with van der Waals surface area (Å²) in [7, 11) is 1.61. The molecule has 4 heterocycles. The molecule has 2 amide bonds. The number of amides is 2.